The number of nitrogens with one attached hydrogen (secondary N) is 1. The van der Waals surface area contributed by atoms with Gasteiger partial charge in [0.25, 0.3) is 5.56 Å². The van der Waals surface area contributed by atoms with Crippen LogP contribution in [0.25, 0.3) is 10.8 Å². The number of rotatable bonds is 9. The molecular weight excluding hydrogens is 464 g/mol. The van der Waals surface area contributed by atoms with Crippen LogP contribution in [0.3, 0.4) is 0 Å². The lowest BCUT2D eigenvalue weighted by molar-refractivity contribution is -0.113. The van der Waals surface area contributed by atoms with Crippen LogP contribution in [0.2, 0.25) is 0 Å². The maximum atomic E-state index is 12.4. The highest BCUT2D eigenvalue weighted by atomic mass is 32.2. The van der Waals surface area contributed by atoms with Crippen molar-refractivity contribution >= 4 is 34.1 Å². The summed E-state index contributed by atoms with van der Waals surface area (Å²) in [6.07, 6.45) is 0.413. The molecule has 4 aromatic rings. The Kier molecular flexibility index (Phi) is 7.50. The number of aryl methyl sites for hydroxylation is 1. The van der Waals surface area contributed by atoms with Gasteiger partial charge in [-0.1, -0.05) is 43.8 Å². The lowest BCUT2D eigenvalue weighted by Gasteiger charge is -2.10. The van der Waals surface area contributed by atoms with Gasteiger partial charge in [-0.3, -0.25) is 9.59 Å². The fourth-order valence-electron chi connectivity index (χ4n) is 3.51. The summed E-state index contributed by atoms with van der Waals surface area (Å²) in [5.41, 5.74) is 1.31. The summed E-state index contributed by atoms with van der Waals surface area (Å²) >= 11 is 1.31. The van der Waals surface area contributed by atoms with Gasteiger partial charge in [0.1, 0.15) is 11.6 Å². The smallest absolute Gasteiger partial charge is 0.274 e. The molecule has 2 aromatic heterocycles. The van der Waals surface area contributed by atoms with Crippen molar-refractivity contribution in [3.63, 3.8) is 0 Å². The second-order valence-electron chi connectivity index (χ2n) is 8.62. The number of benzene rings is 2. The first-order valence-electron chi connectivity index (χ1n) is 11.3. The molecule has 2 heterocycles. The molecule has 0 aliphatic heterocycles. The summed E-state index contributed by atoms with van der Waals surface area (Å²) in [7, 11) is 3.50. The van der Waals surface area contributed by atoms with Crippen LogP contribution in [0, 0.1) is 5.92 Å². The van der Waals surface area contributed by atoms with E-state index in [1.807, 2.05) is 54.1 Å². The molecule has 182 valence electrons. The highest BCUT2D eigenvalue weighted by molar-refractivity contribution is 7.99. The molecular formula is C25H28N6O3S. The van der Waals surface area contributed by atoms with E-state index in [1.165, 1.54) is 16.4 Å². The molecule has 0 radical (unpaired) electrons. The van der Waals surface area contributed by atoms with E-state index < -0.39 is 0 Å². The first-order valence-corrected chi connectivity index (χ1v) is 12.3. The maximum Gasteiger partial charge on any atom is 0.274 e. The number of anilines is 1. The second kappa shape index (κ2) is 10.7. The van der Waals surface area contributed by atoms with Crippen LogP contribution >= 0.6 is 11.8 Å². The van der Waals surface area contributed by atoms with Crippen LogP contribution in [0.1, 0.15) is 25.4 Å². The van der Waals surface area contributed by atoms with Crippen molar-refractivity contribution in [3.05, 3.63) is 70.4 Å². The Morgan fingerprint density at radius 3 is 2.49 bits per heavy atom. The molecule has 0 fully saturated rings. The van der Waals surface area contributed by atoms with Gasteiger partial charge in [0.2, 0.25) is 5.91 Å². The Bertz CT molecular complexity index is 1390. The summed E-state index contributed by atoms with van der Waals surface area (Å²) in [6.45, 7) is 4.84. The van der Waals surface area contributed by atoms with E-state index >= 15 is 0 Å². The third kappa shape index (κ3) is 5.89. The Morgan fingerprint density at radius 1 is 1.06 bits per heavy atom. The van der Waals surface area contributed by atoms with Crippen molar-refractivity contribution in [2.24, 2.45) is 20.0 Å². The molecule has 0 aliphatic carbocycles. The van der Waals surface area contributed by atoms with Gasteiger partial charge in [-0.05, 0) is 36.2 Å². The molecule has 1 N–H and O–H groups in total. The minimum absolute atomic E-state index is 0.137. The topological polar surface area (TPSA) is 104 Å². The minimum atomic E-state index is -0.138. The highest BCUT2D eigenvalue weighted by Gasteiger charge is 2.15. The van der Waals surface area contributed by atoms with E-state index in [0.717, 1.165) is 16.8 Å². The van der Waals surface area contributed by atoms with E-state index in [1.54, 1.807) is 13.1 Å². The number of hydrogen-bond acceptors (Lipinski definition) is 7. The number of aromatic nitrogens is 5. The Labute approximate surface area is 207 Å². The number of nitrogens with zero attached hydrogens (tertiary/aromatic N) is 5. The standard InChI is InChI=1S/C25H28N6O3S/c1-16(2)14-34-18-11-9-17(10-12-18)26-23(32)15-35-25-28-27-22(30(25)3)13-21-19-7-5-6-8-20(19)24(33)31(4)29-21/h5-12,16H,13-15H2,1-4H3,(H,26,32). The number of ether oxygens (including phenoxy) is 1. The van der Waals surface area contributed by atoms with Crippen LogP contribution in [0.15, 0.2) is 58.5 Å². The molecule has 0 bridgehead atoms. The zero-order valence-electron chi connectivity index (χ0n) is 20.2. The van der Waals surface area contributed by atoms with Gasteiger partial charge in [0.05, 0.1) is 29.9 Å². The summed E-state index contributed by atoms with van der Waals surface area (Å²) in [5, 5.41) is 17.9. The Morgan fingerprint density at radius 2 is 1.77 bits per heavy atom. The third-order valence-electron chi connectivity index (χ3n) is 5.34. The maximum absolute atomic E-state index is 12.4. The molecule has 35 heavy (non-hydrogen) atoms. The van der Waals surface area contributed by atoms with Crippen molar-refractivity contribution in [2.45, 2.75) is 25.4 Å². The number of amides is 1. The van der Waals surface area contributed by atoms with Crippen LogP contribution in [0.5, 0.6) is 5.75 Å². The van der Waals surface area contributed by atoms with Gasteiger partial charge < -0.3 is 14.6 Å². The molecule has 0 saturated carbocycles. The van der Waals surface area contributed by atoms with E-state index in [0.29, 0.717) is 41.0 Å². The number of thioether (sulfide) groups is 1. The molecule has 0 atom stereocenters. The molecule has 0 unspecified atom stereocenters. The van der Waals surface area contributed by atoms with Crippen molar-refractivity contribution in [1.82, 2.24) is 24.5 Å². The van der Waals surface area contributed by atoms with Gasteiger partial charge in [-0.2, -0.15) is 5.10 Å². The molecule has 9 nitrogen and oxygen atoms in total. The van der Waals surface area contributed by atoms with Crippen LogP contribution in [0.4, 0.5) is 5.69 Å². The van der Waals surface area contributed by atoms with Crippen molar-refractivity contribution in [2.75, 3.05) is 17.7 Å². The fourth-order valence-corrected chi connectivity index (χ4v) is 4.24. The van der Waals surface area contributed by atoms with E-state index in [-0.39, 0.29) is 17.2 Å². The van der Waals surface area contributed by atoms with E-state index in [2.05, 4.69) is 34.5 Å². The van der Waals surface area contributed by atoms with Crippen molar-refractivity contribution in [1.29, 1.82) is 0 Å². The number of fused-ring (bicyclic) bond motifs is 1. The summed E-state index contributed by atoms with van der Waals surface area (Å²) < 4.78 is 8.86. The fraction of sp³-hybridized carbons (Fsp3) is 0.320. The first kappa shape index (κ1) is 24.5. The Balaban J connectivity index is 1.38. The number of carbonyl (C=O) groups excluding carboxylic acids is 1. The Hall–Kier alpha value is -3.66. The lowest BCUT2D eigenvalue weighted by Crippen LogP contribution is -2.21. The van der Waals surface area contributed by atoms with Gasteiger partial charge in [0, 0.05) is 25.2 Å². The zero-order chi connectivity index (χ0) is 24.9. The van der Waals surface area contributed by atoms with Crippen molar-refractivity contribution in [3.8, 4) is 5.75 Å². The average Bonchev–Trinajstić information content (AvgIpc) is 3.19. The summed E-state index contributed by atoms with van der Waals surface area (Å²) in [5.74, 6) is 1.98. The van der Waals surface area contributed by atoms with Crippen LogP contribution in [-0.2, 0) is 25.3 Å². The molecule has 1 amide bonds. The van der Waals surface area contributed by atoms with Crippen LogP contribution < -0.4 is 15.6 Å². The van der Waals surface area contributed by atoms with Crippen molar-refractivity contribution < 1.29 is 9.53 Å². The van der Waals surface area contributed by atoms with E-state index in [4.69, 9.17) is 4.74 Å². The molecule has 0 spiro atoms. The summed E-state index contributed by atoms with van der Waals surface area (Å²) in [6, 6.07) is 14.7. The SMILES string of the molecule is CC(C)COc1ccc(NC(=O)CSc2nnc(Cc3nn(C)c(=O)c4ccccc34)n2C)cc1. The van der Waals surface area contributed by atoms with Gasteiger partial charge in [-0.25, -0.2) is 4.68 Å². The molecule has 0 aliphatic rings. The van der Waals surface area contributed by atoms with E-state index in [9.17, 15) is 9.59 Å². The minimum Gasteiger partial charge on any atom is -0.493 e. The van der Waals surface area contributed by atoms with Gasteiger partial charge in [-0.15, -0.1) is 10.2 Å². The highest BCUT2D eigenvalue weighted by Crippen LogP contribution is 2.21. The lowest BCUT2D eigenvalue weighted by atomic mass is 10.1. The van der Waals surface area contributed by atoms with Gasteiger partial charge >= 0.3 is 0 Å². The molecule has 10 heteroatoms. The normalized spacial score (nSPS) is 11.2. The molecule has 2 aromatic carbocycles. The quantitative estimate of drug-likeness (QED) is 0.357. The predicted molar refractivity (Wildman–Crippen MR) is 137 cm³/mol. The average molecular weight is 493 g/mol. The zero-order valence-corrected chi connectivity index (χ0v) is 21.0. The summed E-state index contributed by atoms with van der Waals surface area (Å²) in [4.78, 5) is 24.8. The van der Waals surface area contributed by atoms with Gasteiger partial charge in [0.15, 0.2) is 5.16 Å². The number of carbonyl (C=O) groups is 1. The largest absolute Gasteiger partial charge is 0.493 e. The molecule has 4 rings (SSSR count). The molecule has 0 saturated heterocycles. The third-order valence-corrected chi connectivity index (χ3v) is 6.36. The predicted octanol–water partition coefficient (Wildman–Crippen LogP) is 3.42. The number of hydrogen-bond donors (Lipinski definition) is 1. The monoisotopic (exact) mass is 492 g/mol. The first-order chi connectivity index (χ1) is 16.8. The van der Waals surface area contributed by atoms with Crippen LogP contribution in [-0.4, -0.2) is 42.8 Å². The second-order valence-corrected chi connectivity index (χ2v) is 9.56.